The van der Waals surface area contributed by atoms with Crippen molar-refractivity contribution in [3.05, 3.63) is 35.4 Å². The second-order valence-electron chi connectivity index (χ2n) is 4.50. The molecular weight excluding hydrogens is 359 g/mol. The zero-order chi connectivity index (χ0) is 19.1. The average Bonchev–Trinajstić information content (AvgIpc) is 2.61. The minimum Gasteiger partial charge on any atom is -0.410 e. The molecule has 134 valence electrons. The van der Waals surface area contributed by atoms with Crippen molar-refractivity contribution in [2.24, 2.45) is 10.3 Å². The molecule has 1 aromatic carbocycles. The molecule has 0 aliphatic heterocycles. The molecule has 8 nitrogen and oxygen atoms in total. The largest absolute Gasteiger partial charge is 0.410 e. The van der Waals surface area contributed by atoms with Crippen LogP contribution in [0.2, 0.25) is 0 Å². The lowest BCUT2D eigenvalue weighted by Crippen LogP contribution is -2.06. The minimum absolute atomic E-state index is 0.0198. The Labute approximate surface area is 150 Å². The van der Waals surface area contributed by atoms with Crippen LogP contribution in [0.4, 0.5) is 0 Å². The van der Waals surface area contributed by atoms with Crippen LogP contribution in [-0.2, 0) is 9.59 Å². The molecule has 0 aromatic heterocycles. The third-order valence-electron chi connectivity index (χ3n) is 1.96. The molecule has 0 aliphatic rings. The standard InChI is InChI=1S/C8H6Cl2N2O2.2C3H7NO/c9-7(11-13)5-1-2-6(4-3-5)8(10)12-14;2*1-4(2)3-5/h1-4,13-14H;2*3H,1-2H3/b11-7-,12-8-;;. The lowest BCUT2D eigenvalue weighted by molar-refractivity contribution is -0.116. The maximum atomic E-state index is 9.43. The van der Waals surface area contributed by atoms with E-state index in [2.05, 4.69) is 10.3 Å². The normalized spacial score (nSPS) is 10.4. The summed E-state index contributed by atoms with van der Waals surface area (Å²) in [6, 6.07) is 6.35. The Morgan fingerprint density at radius 3 is 1.17 bits per heavy atom. The van der Waals surface area contributed by atoms with Crippen LogP contribution in [0.1, 0.15) is 11.1 Å². The van der Waals surface area contributed by atoms with Crippen molar-refractivity contribution in [3.63, 3.8) is 0 Å². The number of benzene rings is 1. The molecule has 0 fully saturated rings. The first-order valence-electron chi connectivity index (χ1n) is 6.32. The third kappa shape index (κ3) is 12.2. The maximum absolute atomic E-state index is 9.43. The predicted molar refractivity (Wildman–Crippen MR) is 94.3 cm³/mol. The van der Waals surface area contributed by atoms with Gasteiger partial charge < -0.3 is 20.2 Å². The van der Waals surface area contributed by atoms with Gasteiger partial charge in [-0.3, -0.25) is 9.59 Å². The highest BCUT2D eigenvalue weighted by atomic mass is 35.5. The number of hydrogen-bond acceptors (Lipinski definition) is 6. The number of rotatable bonds is 4. The Bertz CT molecular complexity index is 497. The molecule has 1 aromatic rings. The number of hydrogen-bond donors (Lipinski definition) is 2. The van der Waals surface area contributed by atoms with Crippen LogP contribution in [0, 0.1) is 0 Å². The Kier molecular flexibility index (Phi) is 14.2. The predicted octanol–water partition coefficient (Wildman–Crippen LogP) is 1.84. The molecule has 0 bridgehead atoms. The first-order valence-corrected chi connectivity index (χ1v) is 7.08. The number of amides is 2. The van der Waals surface area contributed by atoms with E-state index < -0.39 is 0 Å². The summed E-state index contributed by atoms with van der Waals surface area (Å²) in [6.07, 6.45) is 1.50. The third-order valence-corrected chi connectivity index (χ3v) is 2.55. The lowest BCUT2D eigenvalue weighted by atomic mass is 10.1. The van der Waals surface area contributed by atoms with Crippen molar-refractivity contribution in [1.29, 1.82) is 0 Å². The number of carbonyl (C=O) groups is 2. The number of nitrogens with zero attached hydrogens (tertiary/aromatic N) is 4. The van der Waals surface area contributed by atoms with Gasteiger partial charge in [-0.15, -0.1) is 0 Å². The molecule has 1 rings (SSSR count). The smallest absolute Gasteiger partial charge is 0.209 e. The fourth-order valence-corrected chi connectivity index (χ4v) is 1.11. The van der Waals surface area contributed by atoms with Crippen LogP contribution < -0.4 is 0 Å². The van der Waals surface area contributed by atoms with E-state index in [-0.39, 0.29) is 10.3 Å². The summed E-state index contributed by atoms with van der Waals surface area (Å²) in [5.74, 6) is 0. The molecule has 0 saturated carbocycles. The van der Waals surface area contributed by atoms with Crippen molar-refractivity contribution < 1.29 is 20.0 Å². The SMILES string of the molecule is CN(C)C=O.CN(C)C=O.O/N=C(\Cl)c1ccc(/C(Cl)=N/O)cc1. The first-order chi connectivity index (χ1) is 11.2. The molecule has 10 heteroatoms. The second kappa shape index (κ2) is 14.3. The fraction of sp³-hybridized carbons (Fsp3) is 0.286. The van der Waals surface area contributed by atoms with Crippen molar-refractivity contribution in [3.8, 4) is 0 Å². The summed E-state index contributed by atoms with van der Waals surface area (Å²) < 4.78 is 0. The van der Waals surface area contributed by atoms with Crippen molar-refractivity contribution >= 4 is 46.4 Å². The van der Waals surface area contributed by atoms with Gasteiger partial charge in [0, 0.05) is 39.3 Å². The highest BCUT2D eigenvalue weighted by Crippen LogP contribution is 2.10. The highest BCUT2D eigenvalue weighted by Gasteiger charge is 2.03. The minimum atomic E-state index is -0.0198. The molecule has 0 atom stereocenters. The van der Waals surface area contributed by atoms with Gasteiger partial charge in [0.1, 0.15) is 0 Å². The number of carbonyl (C=O) groups excluding carboxylic acids is 2. The van der Waals surface area contributed by atoms with Gasteiger partial charge in [0.05, 0.1) is 0 Å². The van der Waals surface area contributed by atoms with Gasteiger partial charge in [0.2, 0.25) is 12.8 Å². The summed E-state index contributed by atoms with van der Waals surface area (Å²) in [4.78, 5) is 21.8. The number of halogens is 2. The van der Waals surface area contributed by atoms with Gasteiger partial charge in [-0.2, -0.15) is 0 Å². The van der Waals surface area contributed by atoms with Crippen LogP contribution in [0.3, 0.4) is 0 Å². The Morgan fingerprint density at radius 2 is 1.04 bits per heavy atom. The Balaban J connectivity index is 0. The average molecular weight is 379 g/mol. The van der Waals surface area contributed by atoms with E-state index in [0.29, 0.717) is 11.1 Å². The Hall–Kier alpha value is -2.32. The van der Waals surface area contributed by atoms with Gasteiger partial charge in [-0.05, 0) is 0 Å². The molecule has 2 amide bonds. The van der Waals surface area contributed by atoms with E-state index in [1.165, 1.54) is 9.80 Å². The molecule has 2 N–H and O–H groups in total. The number of oxime groups is 2. The zero-order valence-electron chi connectivity index (χ0n) is 13.7. The molecular formula is C14H20Cl2N4O4. The van der Waals surface area contributed by atoms with E-state index >= 15 is 0 Å². The van der Waals surface area contributed by atoms with E-state index in [0.717, 1.165) is 12.8 Å². The fourth-order valence-electron chi connectivity index (χ4n) is 0.861. The molecule has 24 heavy (non-hydrogen) atoms. The van der Waals surface area contributed by atoms with E-state index in [1.807, 2.05) is 0 Å². The zero-order valence-corrected chi connectivity index (χ0v) is 15.2. The van der Waals surface area contributed by atoms with Gasteiger partial charge in [-0.1, -0.05) is 57.8 Å². The Morgan fingerprint density at radius 1 is 0.833 bits per heavy atom. The van der Waals surface area contributed by atoms with E-state index in [1.54, 1.807) is 52.5 Å². The summed E-state index contributed by atoms with van der Waals surface area (Å²) in [5.41, 5.74) is 1.08. The van der Waals surface area contributed by atoms with Gasteiger partial charge >= 0.3 is 0 Å². The summed E-state index contributed by atoms with van der Waals surface area (Å²) >= 11 is 11.1. The highest BCUT2D eigenvalue weighted by molar-refractivity contribution is 6.70. The van der Waals surface area contributed by atoms with Crippen LogP contribution in [-0.4, -0.2) is 71.6 Å². The molecule has 0 saturated heterocycles. The summed E-state index contributed by atoms with van der Waals surface area (Å²) in [7, 11) is 6.75. The maximum Gasteiger partial charge on any atom is 0.209 e. The van der Waals surface area contributed by atoms with Crippen LogP contribution in [0.15, 0.2) is 34.6 Å². The lowest BCUT2D eigenvalue weighted by Gasteiger charge is -1.98. The van der Waals surface area contributed by atoms with Gasteiger partial charge in [0.25, 0.3) is 0 Å². The molecule has 0 spiro atoms. The van der Waals surface area contributed by atoms with E-state index in [9.17, 15) is 9.59 Å². The van der Waals surface area contributed by atoms with E-state index in [4.69, 9.17) is 33.6 Å². The van der Waals surface area contributed by atoms with Crippen molar-refractivity contribution in [1.82, 2.24) is 9.80 Å². The molecule has 0 radical (unpaired) electrons. The van der Waals surface area contributed by atoms with Gasteiger partial charge in [-0.25, -0.2) is 0 Å². The quantitative estimate of drug-likeness (QED) is 0.360. The second-order valence-corrected chi connectivity index (χ2v) is 5.21. The van der Waals surface area contributed by atoms with Crippen molar-refractivity contribution in [2.45, 2.75) is 0 Å². The van der Waals surface area contributed by atoms with Gasteiger partial charge in [0.15, 0.2) is 10.3 Å². The monoisotopic (exact) mass is 378 g/mol. The van der Waals surface area contributed by atoms with Crippen LogP contribution in [0.5, 0.6) is 0 Å². The first kappa shape index (κ1) is 23.9. The molecule has 0 heterocycles. The molecule has 0 aliphatic carbocycles. The van der Waals surface area contributed by atoms with Crippen LogP contribution in [0.25, 0.3) is 0 Å². The van der Waals surface area contributed by atoms with Crippen molar-refractivity contribution in [2.75, 3.05) is 28.2 Å². The summed E-state index contributed by atoms with van der Waals surface area (Å²) in [6.45, 7) is 0. The van der Waals surface area contributed by atoms with Crippen LogP contribution >= 0.6 is 23.2 Å². The molecule has 0 unspecified atom stereocenters. The summed E-state index contributed by atoms with van der Waals surface area (Å²) in [5, 5.41) is 22.4. The topological polar surface area (TPSA) is 106 Å².